The van der Waals surface area contributed by atoms with Gasteiger partial charge in [0, 0.05) is 18.1 Å². The fourth-order valence-electron chi connectivity index (χ4n) is 3.95. The molecule has 10 heteroatoms. The fourth-order valence-corrected chi connectivity index (χ4v) is 5.56. The second-order valence-corrected chi connectivity index (χ2v) is 11.0. The summed E-state index contributed by atoms with van der Waals surface area (Å²) in [5, 5.41) is 3.12. The van der Waals surface area contributed by atoms with Crippen LogP contribution < -0.4 is 9.62 Å². The Balaban J connectivity index is 2.03. The molecule has 38 heavy (non-hydrogen) atoms. The number of amides is 2. The standard InChI is InChI=1S/C28H31ClFN3O4S/c1-3-17-31-28(35)26(4-2)32(19-21-13-15-23(30)16-14-21)27(34)20-33(24-10-8-9-22(29)18-24)38(36,37)25-11-6-5-7-12-25/h5-16,18,26H,3-4,17,19-20H2,1-2H3,(H,31,35)/t26-/m1/s1. The number of nitrogens with zero attached hydrogens (tertiary/aromatic N) is 2. The zero-order chi connectivity index (χ0) is 27.7. The molecule has 0 aliphatic heterocycles. The van der Waals surface area contributed by atoms with Gasteiger partial charge in [-0.05, 0) is 60.9 Å². The molecule has 0 fully saturated rings. The minimum Gasteiger partial charge on any atom is -0.354 e. The van der Waals surface area contributed by atoms with Crippen molar-refractivity contribution < 1.29 is 22.4 Å². The minimum atomic E-state index is -4.17. The van der Waals surface area contributed by atoms with Crippen molar-refractivity contribution in [3.63, 3.8) is 0 Å². The third-order valence-corrected chi connectivity index (χ3v) is 7.93. The van der Waals surface area contributed by atoms with Crippen LogP contribution in [0.2, 0.25) is 5.02 Å². The first kappa shape index (κ1) is 29.1. The summed E-state index contributed by atoms with van der Waals surface area (Å²) < 4.78 is 41.9. The quantitative estimate of drug-likeness (QED) is 0.338. The van der Waals surface area contributed by atoms with Crippen LogP contribution in [0.4, 0.5) is 10.1 Å². The lowest BCUT2D eigenvalue weighted by atomic mass is 10.1. The number of nitrogens with one attached hydrogen (secondary N) is 1. The van der Waals surface area contributed by atoms with Gasteiger partial charge in [-0.2, -0.15) is 0 Å². The SMILES string of the molecule is CCCNC(=O)[C@@H](CC)N(Cc1ccc(F)cc1)C(=O)CN(c1cccc(Cl)c1)S(=O)(=O)c1ccccc1. The highest BCUT2D eigenvalue weighted by atomic mass is 35.5. The molecule has 0 aliphatic carbocycles. The predicted molar refractivity (Wildman–Crippen MR) is 147 cm³/mol. The van der Waals surface area contributed by atoms with E-state index in [2.05, 4.69) is 5.32 Å². The van der Waals surface area contributed by atoms with E-state index >= 15 is 0 Å². The van der Waals surface area contributed by atoms with E-state index in [1.165, 1.54) is 47.4 Å². The molecule has 0 aromatic heterocycles. The van der Waals surface area contributed by atoms with Crippen LogP contribution >= 0.6 is 11.6 Å². The summed E-state index contributed by atoms with van der Waals surface area (Å²) in [6.07, 6.45) is 1.01. The first-order valence-corrected chi connectivity index (χ1v) is 14.1. The van der Waals surface area contributed by atoms with E-state index in [-0.39, 0.29) is 23.0 Å². The summed E-state index contributed by atoms with van der Waals surface area (Å²) in [4.78, 5) is 28.2. The van der Waals surface area contributed by atoms with Crippen LogP contribution in [0.5, 0.6) is 0 Å². The predicted octanol–water partition coefficient (Wildman–Crippen LogP) is 5.01. The number of sulfonamides is 1. The van der Waals surface area contributed by atoms with Gasteiger partial charge >= 0.3 is 0 Å². The van der Waals surface area contributed by atoms with Gasteiger partial charge in [-0.1, -0.05) is 61.8 Å². The molecule has 0 spiro atoms. The number of carbonyl (C=O) groups is 2. The van der Waals surface area contributed by atoms with Crippen molar-refractivity contribution in [2.75, 3.05) is 17.4 Å². The lowest BCUT2D eigenvalue weighted by Crippen LogP contribution is -2.52. The van der Waals surface area contributed by atoms with E-state index in [1.807, 2.05) is 6.92 Å². The number of hydrogen-bond acceptors (Lipinski definition) is 4. The van der Waals surface area contributed by atoms with Gasteiger partial charge in [0.15, 0.2) is 0 Å². The number of carbonyl (C=O) groups excluding carboxylic acids is 2. The van der Waals surface area contributed by atoms with Crippen molar-refractivity contribution in [2.24, 2.45) is 0 Å². The molecule has 1 atom stereocenters. The van der Waals surface area contributed by atoms with Gasteiger partial charge in [0.05, 0.1) is 10.6 Å². The molecule has 0 unspecified atom stereocenters. The molecule has 7 nitrogen and oxygen atoms in total. The van der Waals surface area contributed by atoms with Gasteiger partial charge in [0.25, 0.3) is 10.0 Å². The second kappa shape index (κ2) is 13.4. The number of benzene rings is 3. The molecule has 0 saturated heterocycles. The van der Waals surface area contributed by atoms with Gasteiger partial charge in [0.1, 0.15) is 18.4 Å². The molecule has 0 saturated carbocycles. The summed E-state index contributed by atoms with van der Waals surface area (Å²) in [6, 6.07) is 18.7. The molecule has 1 N–H and O–H groups in total. The van der Waals surface area contributed by atoms with E-state index in [9.17, 15) is 22.4 Å². The van der Waals surface area contributed by atoms with Gasteiger partial charge in [0.2, 0.25) is 11.8 Å². The van der Waals surface area contributed by atoms with Crippen LogP contribution in [0.25, 0.3) is 0 Å². The summed E-state index contributed by atoms with van der Waals surface area (Å²) in [6.45, 7) is 3.55. The molecule has 0 heterocycles. The number of anilines is 1. The van der Waals surface area contributed by atoms with Crippen molar-refractivity contribution in [3.05, 3.63) is 95.3 Å². The van der Waals surface area contributed by atoms with Crippen LogP contribution in [0, 0.1) is 5.82 Å². The molecule has 3 rings (SSSR count). The fraction of sp³-hybridized carbons (Fsp3) is 0.286. The van der Waals surface area contributed by atoms with Crippen LogP contribution in [-0.4, -0.2) is 44.3 Å². The van der Waals surface area contributed by atoms with Crippen molar-refractivity contribution in [3.8, 4) is 0 Å². The minimum absolute atomic E-state index is 0.00518. The molecule has 0 aliphatic rings. The average molecular weight is 560 g/mol. The van der Waals surface area contributed by atoms with Gasteiger partial charge in [-0.15, -0.1) is 0 Å². The van der Waals surface area contributed by atoms with E-state index in [1.54, 1.807) is 43.3 Å². The Bertz CT molecular complexity index is 1340. The van der Waals surface area contributed by atoms with Crippen molar-refractivity contribution in [2.45, 2.75) is 44.2 Å². The number of halogens is 2. The zero-order valence-corrected chi connectivity index (χ0v) is 22.9. The lowest BCUT2D eigenvalue weighted by Gasteiger charge is -2.33. The highest BCUT2D eigenvalue weighted by Crippen LogP contribution is 2.27. The summed E-state index contributed by atoms with van der Waals surface area (Å²) >= 11 is 6.17. The maximum atomic E-state index is 13.9. The normalized spacial score (nSPS) is 12.0. The Morgan fingerprint density at radius 2 is 1.66 bits per heavy atom. The molecule has 0 radical (unpaired) electrons. The summed E-state index contributed by atoms with van der Waals surface area (Å²) in [7, 11) is -4.17. The second-order valence-electron chi connectivity index (χ2n) is 8.67. The molecule has 3 aromatic rings. The van der Waals surface area contributed by atoms with E-state index in [0.29, 0.717) is 30.0 Å². The number of hydrogen-bond donors (Lipinski definition) is 1. The zero-order valence-electron chi connectivity index (χ0n) is 21.3. The van der Waals surface area contributed by atoms with E-state index in [0.717, 1.165) is 4.31 Å². The molecule has 3 aromatic carbocycles. The first-order chi connectivity index (χ1) is 18.2. The highest BCUT2D eigenvalue weighted by Gasteiger charge is 2.33. The molecule has 2 amide bonds. The van der Waals surface area contributed by atoms with Crippen LogP contribution in [-0.2, 0) is 26.2 Å². The van der Waals surface area contributed by atoms with Crippen LogP contribution in [0.1, 0.15) is 32.3 Å². The topological polar surface area (TPSA) is 86.8 Å². The van der Waals surface area contributed by atoms with E-state index < -0.39 is 34.3 Å². The molecular weight excluding hydrogens is 529 g/mol. The van der Waals surface area contributed by atoms with Crippen molar-refractivity contribution in [1.29, 1.82) is 0 Å². The van der Waals surface area contributed by atoms with Gasteiger partial charge in [-0.25, -0.2) is 12.8 Å². The maximum Gasteiger partial charge on any atom is 0.264 e. The lowest BCUT2D eigenvalue weighted by molar-refractivity contribution is -0.140. The largest absolute Gasteiger partial charge is 0.354 e. The Morgan fingerprint density at radius 3 is 2.26 bits per heavy atom. The summed E-state index contributed by atoms with van der Waals surface area (Å²) in [5.41, 5.74) is 0.807. The van der Waals surface area contributed by atoms with Gasteiger partial charge in [-0.3, -0.25) is 13.9 Å². The first-order valence-electron chi connectivity index (χ1n) is 12.3. The Morgan fingerprint density at radius 1 is 0.974 bits per heavy atom. The summed E-state index contributed by atoms with van der Waals surface area (Å²) in [5.74, 6) is -1.36. The highest BCUT2D eigenvalue weighted by molar-refractivity contribution is 7.92. The molecular formula is C28H31ClFN3O4S. The maximum absolute atomic E-state index is 13.9. The number of rotatable bonds is 12. The van der Waals surface area contributed by atoms with Crippen LogP contribution in [0.3, 0.4) is 0 Å². The Hall–Kier alpha value is -3.43. The Labute approximate surface area is 228 Å². The third-order valence-electron chi connectivity index (χ3n) is 5.91. The van der Waals surface area contributed by atoms with Crippen molar-refractivity contribution >= 4 is 39.1 Å². The van der Waals surface area contributed by atoms with Gasteiger partial charge < -0.3 is 10.2 Å². The average Bonchev–Trinajstić information content (AvgIpc) is 2.91. The van der Waals surface area contributed by atoms with Crippen molar-refractivity contribution in [1.82, 2.24) is 10.2 Å². The molecule has 0 bridgehead atoms. The van der Waals surface area contributed by atoms with Crippen LogP contribution in [0.15, 0.2) is 83.8 Å². The Kier molecular flexibility index (Phi) is 10.3. The smallest absolute Gasteiger partial charge is 0.264 e. The molecule has 202 valence electrons. The van der Waals surface area contributed by atoms with E-state index in [4.69, 9.17) is 11.6 Å². The monoisotopic (exact) mass is 559 g/mol. The third kappa shape index (κ3) is 7.33.